The molecule has 0 aliphatic carbocycles. The Morgan fingerprint density at radius 2 is 1.17 bits per heavy atom. The Labute approximate surface area is 120 Å². The second-order valence-electron chi connectivity index (χ2n) is 1.09. The smallest absolute Gasteiger partial charge is 0.0483 e. The van der Waals surface area contributed by atoms with E-state index in [0.717, 1.165) is 0 Å². The first-order chi connectivity index (χ1) is 1.73. The normalized spacial score (nSPS) is 6.00. The quantitative estimate of drug-likeness (QED) is 0.660. The Morgan fingerprint density at radius 1 is 1.17 bits per heavy atom. The van der Waals surface area contributed by atoms with E-state index >= 15 is 0 Å². The molecule has 0 aliphatic rings. The number of aliphatic hydroxyl groups is 1. The molecule has 0 rings (SSSR count). The molecule has 0 aliphatic heterocycles. The fourth-order valence-corrected chi connectivity index (χ4v) is 0. The third-order valence-electron chi connectivity index (χ3n) is 0. The molecule has 3 heteroatoms. The van der Waals surface area contributed by atoms with E-state index in [4.69, 9.17) is 5.11 Å². The number of aliphatic hydroxyl groups excluding tert-OH is 1. The van der Waals surface area contributed by atoms with E-state index in [0.29, 0.717) is 0 Å². The van der Waals surface area contributed by atoms with Crippen molar-refractivity contribution in [3.05, 3.63) is 0 Å². The fourth-order valence-electron chi connectivity index (χ4n) is 0. The van der Waals surface area contributed by atoms with Gasteiger partial charge in [-0.25, -0.2) is 0 Å². The number of rotatable bonds is 0. The van der Waals surface area contributed by atoms with Gasteiger partial charge in [0.15, 0.2) is 0 Å². The van der Waals surface area contributed by atoms with Gasteiger partial charge < -0.3 is 5.11 Å². The monoisotopic (exact) mass is 366 g/mol. The molecule has 0 spiro atoms. The molecule has 40 valence electrons. The van der Waals surface area contributed by atoms with Crippen LogP contribution < -0.4 is 0 Å². The van der Waals surface area contributed by atoms with Crippen molar-refractivity contribution in [1.29, 1.82) is 0 Å². The summed E-state index contributed by atoms with van der Waals surface area (Å²) in [6.07, 6.45) is -0.167. The third kappa shape index (κ3) is 27.4. The van der Waals surface area contributed by atoms with Crippen LogP contribution >= 0.6 is 0 Å². The summed E-state index contributed by atoms with van der Waals surface area (Å²) in [6.45, 7) is 3.44. The molecule has 2 radical (unpaired) electrons. The van der Waals surface area contributed by atoms with Crippen molar-refractivity contribution in [2.24, 2.45) is 0 Å². The minimum atomic E-state index is -0.167. The van der Waals surface area contributed by atoms with Gasteiger partial charge in [-0.2, -0.15) is 0 Å². The summed E-state index contributed by atoms with van der Waals surface area (Å²) in [6, 6.07) is 0. The van der Waals surface area contributed by atoms with Crippen LogP contribution in [0.15, 0.2) is 0 Å². The molecule has 0 fully saturated rings. The van der Waals surface area contributed by atoms with Crippen molar-refractivity contribution in [1.82, 2.24) is 0 Å². The van der Waals surface area contributed by atoms with Crippen LogP contribution in [0.5, 0.6) is 0 Å². The van der Waals surface area contributed by atoms with Gasteiger partial charge in [-0.3, -0.25) is 0 Å². The minimum absolute atomic E-state index is 0. The van der Waals surface area contributed by atoms with Crippen molar-refractivity contribution >= 4 is 0 Å². The van der Waals surface area contributed by atoms with Crippen LogP contribution in [0.1, 0.15) is 13.8 Å². The molecule has 0 atom stereocenters. The largest absolute Gasteiger partial charge is 0.394 e. The summed E-state index contributed by atoms with van der Waals surface area (Å²) < 4.78 is 0. The van der Waals surface area contributed by atoms with Gasteiger partial charge in [0.05, 0.1) is 0 Å². The van der Waals surface area contributed by atoms with Gasteiger partial charge in [-0.05, 0) is 13.8 Å². The molecule has 0 aromatic carbocycles. The molecule has 0 aromatic rings. The minimum Gasteiger partial charge on any atom is -0.394 e. The van der Waals surface area contributed by atoms with Crippen LogP contribution in [0.2, 0.25) is 0 Å². The molecule has 0 saturated heterocycles. The molecule has 0 bridgehead atoms. The molecule has 1 N–H and O–H groups in total. The maximum Gasteiger partial charge on any atom is 0.0483 e. The molecule has 0 amide bonds. The third-order valence-corrected chi connectivity index (χ3v) is 0. The summed E-state index contributed by atoms with van der Waals surface area (Å²) in [5.74, 6) is 0. The SMILES string of the molecule is CC(C)O.[Eu].[Eu]. The summed E-state index contributed by atoms with van der Waals surface area (Å²) in [5.41, 5.74) is 0. The summed E-state index contributed by atoms with van der Waals surface area (Å²) in [7, 11) is 0. The first-order valence-corrected chi connectivity index (χ1v) is 1.41. The van der Waals surface area contributed by atoms with E-state index < -0.39 is 0 Å². The summed E-state index contributed by atoms with van der Waals surface area (Å²) in [4.78, 5) is 0. The Hall–Kier alpha value is 3.13. The van der Waals surface area contributed by atoms with Gasteiger partial charge >= 0.3 is 0 Å². The van der Waals surface area contributed by atoms with Crippen molar-refractivity contribution in [3.63, 3.8) is 0 Å². The zero-order valence-corrected chi connectivity index (χ0v) is 8.63. The Bertz CT molecular complexity index is 13.5. The van der Waals surface area contributed by atoms with E-state index in [2.05, 4.69) is 0 Å². The first-order valence-electron chi connectivity index (χ1n) is 1.41. The number of hydrogen-bond donors (Lipinski definition) is 1. The molecular weight excluding hydrogens is 356 g/mol. The van der Waals surface area contributed by atoms with Crippen molar-refractivity contribution in [2.75, 3.05) is 0 Å². The Morgan fingerprint density at radius 3 is 1.17 bits per heavy atom. The zero-order valence-electron chi connectivity index (χ0n) is 3.78. The maximum atomic E-state index is 8.06. The van der Waals surface area contributed by atoms with Crippen LogP contribution in [0.4, 0.5) is 0 Å². The molecular formula is C3H8Eu2O. The second-order valence-corrected chi connectivity index (χ2v) is 1.09. The molecule has 0 unspecified atom stereocenters. The van der Waals surface area contributed by atoms with E-state index in [1.54, 1.807) is 13.8 Å². The molecule has 1 nitrogen and oxygen atoms in total. The van der Waals surface area contributed by atoms with Crippen molar-refractivity contribution < 1.29 is 104 Å². The van der Waals surface area contributed by atoms with E-state index in [1.807, 2.05) is 0 Å². The van der Waals surface area contributed by atoms with Gasteiger partial charge in [0, 0.05) is 105 Å². The Kier molecular flexibility index (Phi) is 29.4. The fraction of sp³-hybridized carbons (Fsp3) is 1.00. The van der Waals surface area contributed by atoms with Gasteiger partial charge in [-0.1, -0.05) is 0 Å². The van der Waals surface area contributed by atoms with Crippen LogP contribution in [0, 0.1) is 98.8 Å². The summed E-state index contributed by atoms with van der Waals surface area (Å²) in [5, 5.41) is 8.06. The van der Waals surface area contributed by atoms with Crippen molar-refractivity contribution in [2.45, 2.75) is 20.0 Å². The molecule has 6 heavy (non-hydrogen) atoms. The number of hydrogen-bond acceptors (Lipinski definition) is 1. The molecule has 0 saturated carbocycles. The second kappa shape index (κ2) is 11.0. The van der Waals surface area contributed by atoms with Gasteiger partial charge in [0.2, 0.25) is 0 Å². The van der Waals surface area contributed by atoms with E-state index in [9.17, 15) is 0 Å². The van der Waals surface area contributed by atoms with E-state index in [-0.39, 0.29) is 105 Å². The Balaban J connectivity index is -0.0000000450. The maximum absolute atomic E-state index is 8.06. The van der Waals surface area contributed by atoms with Gasteiger partial charge in [-0.15, -0.1) is 0 Å². The average molecular weight is 364 g/mol. The summed E-state index contributed by atoms with van der Waals surface area (Å²) >= 11 is 0. The molecule has 0 aromatic heterocycles. The zero-order chi connectivity index (χ0) is 3.58. The van der Waals surface area contributed by atoms with E-state index in [1.165, 1.54) is 0 Å². The van der Waals surface area contributed by atoms with Crippen LogP contribution in [-0.4, -0.2) is 11.2 Å². The van der Waals surface area contributed by atoms with Crippen molar-refractivity contribution in [3.8, 4) is 0 Å². The predicted molar refractivity (Wildman–Crippen MR) is 17.4 cm³/mol. The standard InChI is InChI=1S/C3H8O.2Eu/c1-3(2)4;;/h3-4H,1-2H3;;. The first kappa shape index (κ1) is 16.1. The van der Waals surface area contributed by atoms with Gasteiger partial charge in [0.1, 0.15) is 0 Å². The predicted octanol–water partition coefficient (Wildman–Crippen LogP) is 0.387. The van der Waals surface area contributed by atoms with Crippen LogP contribution in [-0.2, 0) is 0 Å². The van der Waals surface area contributed by atoms with Crippen LogP contribution in [0.25, 0.3) is 0 Å². The van der Waals surface area contributed by atoms with Crippen LogP contribution in [0.3, 0.4) is 0 Å². The average Bonchev–Trinajstić information content (AvgIpc) is 0.811. The van der Waals surface area contributed by atoms with Gasteiger partial charge in [0.25, 0.3) is 0 Å². The topological polar surface area (TPSA) is 20.2 Å². The molecule has 0 heterocycles.